The number of anilines is 1. The van der Waals surface area contributed by atoms with Gasteiger partial charge in [0.2, 0.25) is 0 Å². The fourth-order valence-electron chi connectivity index (χ4n) is 1.36. The monoisotopic (exact) mass is 270 g/mol. The largest absolute Gasteiger partial charge is 0.397 e. The van der Waals surface area contributed by atoms with Crippen molar-refractivity contribution in [3.63, 3.8) is 0 Å². The summed E-state index contributed by atoms with van der Waals surface area (Å²) in [6.45, 7) is 1.85. The molecule has 0 bridgehead atoms. The third kappa shape index (κ3) is 1.47. The molecule has 0 amide bonds. The zero-order chi connectivity index (χ0) is 10.3. The van der Waals surface area contributed by atoms with Crippen molar-refractivity contribution in [2.45, 2.75) is 6.92 Å². The van der Waals surface area contributed by atoms with E-state index >= 15 is 0 Å². The summed E-state index contributed by atoms with van der Waals surface area (Å²) in [5.74, 6) is 0. The highest BCUT2D eigenvalue weighted by Crippen LogP contribution is 2.31. The highest BCUT2D eigenvalue weighted by Gasteiger charge is 2.07. The molecule has 0 atom stereocenters. The Balaban J connectivity index is 2.92. The second-order valence-corrected chi connectivity index (χ2v) is 4.38. The fourth-order valence-corrected chi connectivity index (χ4v) is 1.87. The maximum atomic E-state index is 6.01. The first-order chi connectivity index (χ1) is 6.59. The van der Waals surface area contributed by atoms with Crippen LogP contribution in [0.2, 0.25) is 5.02 Å². The molecule has 0 aliphatic heterocycles. The Labute approximate surface area is 95.2 Å². The molecule has 1 heterocycles. The average Bonchev–Trinajstić information content (AvgIpc) is 2.16. The molecule has 14 heavy (non-hydrogen) atoms. The van der Waals surface area contributed by atoms with Gasteiger partial charge >= 0.3 is 0 Å². The number of rotatable bonds is 0. The van der Waals surface area contributed by atoms with E-state index in [4.69, 9.17) is 17.3 Å². The van der Waals surface area contributed by atoms with E-state index in [0.717, 1.165) is 21.1 Å². The van der Waals surface area contributed by atoms with Crippen molar-refractivity contribution in [1.82, 2.24) is 4.98 Å². The minimum Gasteiger partial charge on any atom is -0.397 e. The molecule has 0 fully saturated rings. The Kier molecular flexibility index (Phi) is 2.37. The van der Waals surface area contributed by atoms with Crippen LogP contribution in [0.5, 0.6) is 0 Å². The molecule has 0 saturated carbocycles. The number of hydrogen-bond donors (Lipinski definition) is 1. The predicted octanol–water partition coefficient (Wildman–Crippen LogP) is 3.54. The summed E-state index contributed by atoms with van der Waals surface area (Å²) in [6, 6.07) is 5.77. The zero-order valence-corrected chi connectivity index (χ0v) is 9.85. The van der Waals surface area contributed by atoms with Crippen molar-refractivity contribution in [2.75, 3.05) is 5.73 Å². The van der Waals surface area contributed by atoms with E-state index in [1.54, 1.807) is 0 Å². The van der Waals surface area contributed by atoms with E-state index in [1.165, 1.54) is 0 Å². The van der Waals surface area contributed by atoms with Crippen molar-refractivity contribution in [3.05, 3.63) is 33.4 Å². The lowest BCUT2D eigenvalue weighted by Gasteiger charge is -2.06. The minimum atomic E-state index is 0.538. The number of nitrogens with zero attached hydrogens (tertiary/aromatic N) is 1. The van der Waals surface area contributed by atoms with E-state index in [1.807, 2.05) is 25.1 Å². The van der Waals surface area contributed by atoms with Crippen LogP contribution in [0.15, 0.2) is 22.7 Å². The van der Waals surface area contributed by atoms with Gasteiger partial charge in [0.1, 0.15) is 0 Å². The quantitative estimate of drug-likeness (QED) is 0.796. The van der Waals surface area contributed by atoms with Gasteiger partial charge in [0.05, 0.1) is 21.9 Å². The maximum Gasteiger partial charge on any atom is 0.0854 e. The molecule has 2 nitrogen and oxygen atoms in total. The molecule has 0 spiro atoms. The summed E-state index contributed by atoms with van der Waals surface area (Å²) in [7, 11) is 0. The lowest BCUT2D eigenvalue weighted by atomic mass is 10.1. The molecular formula is C10H8BrClN2. The molecule has 1 aromatic carbocycles. The molecule has 72 valence electrons. The van der Waals surface area contributed by atoms with Crippen molar-refractivity contribution in [3.8, 4) is 0 Å². The molecule has 0 saturated heterocycles. The average molecular weight is 272 g/mol. The lowest BCUT2D eigenvalue weighted by molar-refractivity contribution is 1.26. The number of fused-ring (bicyclic) bond motifs is 1. The first kappa shape index (κ1) is 9.74. The van der Waals surface area contributed by atoms with Crippen molar-refractivity contribution >= 4 is 44.1 Å². The molecule has 1 aromatic heterocycles. The van der Waals surface area contributed by atoms with E-state index in [-0.39, 0.29) is 0 Å². The van der Waals surface area contributed by atoms with E-state index in [9.17, 15) is 0 Å². The van der Waals surface area contributed by atoms with E-state index in [0.29, 0.717) is 10.7 Å². The molecule has 0 radical (unpaired) electrons. The standard InChI is InChI=1S/C10H8BrClN2/c1-5-9(12)10(13)7-4-6(11)2-3-8(7)14-5/h2-4H,1H3,(H2,13,14). The smallest absolute Gasteiger partial charge is 0.0854 e. The minimum absolute atomic E-state index is 0.538. The van der Waals surface area contributed by atoms with Crippen LogP contribution in [0, 0.1) is 6.92 Å². The van der Waals surface area contributed by atoms with Crippen LogP contribution in [0.1, 0.15) is 5.69 Å². The third-order valence-electron chi connectivity index (χ3n) is 2.09. The molecule has 0 aliphatic carbocycles. The summed E-state index contributed by atoms with van der Waals surface area (Å²) < 4.78 is 0.971. The van der Waals surface area contributed by atoms with Gasteiger partial charge in [-0.05, 0) is 25.1 Å². The number of hydrogen-bond acceptors (Lipinski definition) is 2. The van der Waals surface area contributed by atoms with E-state index in [2.05, 4.69) is 20.9 Å². The van der Waals surface area contributed by atoms with Crippen LogP contribution in [0.4, 0.5) is 5.69 Å². The molecule has 0 unspecified atom stereocenters. The number of halogens is 2. The molecule has 2 aromatic rings. The fraction of sp³-hybridized carbons (Fsp3) is 0.100. The number of aromatic nitrogens is 1. The van der Waals surface area contributed by atoms with Gasteiger partial charge < -0.3 is 5.73 Å². The molecule has 2 N–H and O–H groups in total. The molecule has 2 rings (SSSR count). The lowest BCUT2D eigenvalue weighted by Crippen LogP contribution is -1.94. The highest BCUT2D eigenvalue weighted by molar-refractivity contribution is 9.10. The Hall–Kier alpha value is -0.800. The van der Waals surface area contributed by atoms with Gasteiger partial charge in [-0.3, -0.25) is 4.98 Å². The zero-order valence-electron chi connectivity index (χ0n) is 7.51. The number of nitrogen functional groups attached to an aromatic ring is 1. The molecule has 4 heteroatoms. The summed E-state index contributed by atoms with van der Waals surface area (Å²) >= 11 is 9.39. The maximum absolute atomic E-state index is 6.01. The van der Waals surface area contributed by atoms with Crippen molar-refractivity contribution < 1.29 is 0 Å². The highest BCUT2D eigenvalue weighted by atomic mass is 79.9. The summed E-state index contributed by atoms with van der Waals surface area (Å²) in [4.78, 5) is 4.34. The van der Waals surface area contributed by atoms with Gasteiger partial charge in [-0.1, -0.05) is 27.5 Å². The van der Waals surface area contributed by atoms with Gasteiger partial charge in [-0.2, -0.15) is 0 Å². The second kappa shape index (κ2) is 3.41. The topological polar surface area (TPSA) is 38.9 Å². The number of benzene rings is 1. The normalized spacial score (nSPS) is 10.8. The first-order valence-electron chi connectivity index (χ1n) is 4.10. The number of aryl methyl sites for hydroxylation is 1. The summed E-state index contributed by atoms with van der Waals surface area (Å²) in [5.41, 5.74) is 8.12. The Bertz CT molecular complexity index is 511. The van der Waals surface area contributed by atoms with Crippen molar-refractivity contribution in [2.24, 2.45) is 0 Å². The van der Waals surface area contributed by atoms with Gasteiger partial charge in [0.25, 0.3) is 0 Å². The summed E-state index contributed by atoms with van der Waals surface area (Å²) in [5, 5.41) is 1.42. The molecule has 0 aliphatic rings. The van der Waals surface area contributed by atoms with E-state index < -0.39 is 0 Å². The van der Waals surface area contributed by atoms with Gasteiger partial charge in [0.15, 0.2) is 0 Å². The Morgan fingerprint density at radius 3 is 2.86 bits per heavy atom. The van der Waals surface area contributed by atoms with Gasteiger partial charge in [-0.25, -0.2) is 0 Å². The number of pyridine rings is 1. The molecular weight excluding hydrogens is 263 g/mol. The Morgan fingerprint density at radius 1 is 1.43 bits per heavy atom. The second-order valence-electron chi connectivity index (χ2n) is 3.09. The third-order valence-corrected chi connectivity index (χ3v) is 3.06. The van der Waals surface area contributed by atoms with Gasteiger partial charge in [0, 0.05) is 9.86 Å². The van der Waals surface area contributed by atoms with Crippen LogP contribution in [-0.2, 0) is 0 Å². The van der Waals surface area contributed by atoms with Crippen LogP contribution >= 0.6 is 27.5 Å². The first-order valence-corrected chi connectivity index (χ1v) is 5.27. The van der Waals surface area contributed by atoms with Crippen LogP contribution in [0.3, 0.4) is 0 Å². The SMILES string of the molecule is Cc1nc2ccc(Br)cc2c(N)c1Cl. The summed E-state index contributed by atoms with van der Waals surface area (Å²) in [6.07, 6.45) is 0. The van der Waals surface area contributed by atoms with Crippen molar-refractivity contribution in [1.29, 1.82) is 0 Å². The van der Waals surface area contributed by atoms with Crippen LogP contribution in [0.25, 0.3) is 10.9 Å². The van der Waals surface area contributed by atoms with Gasteiger partial charge in [-0.15, -0.1) is 0 Å². The predicted molar refractivity (Wildman–Crippen MR) is 63.6 cm³/mol. The Morgan fingerprint density at radius 2 is 2.14 bits per heavy atom. The van der Waals surface area contributed by atoms with Crippen LogP contribution in [-0.4, -0.2) is 4.98 Å². The number of nitrogens with two attached hydrogens (primary N) is 1. The van der Waals surface area contributed by atoms with Crippen LogP contribution < -0.4 is 5.73 Å².